The lowest BCUT2D eigenvalue weighted by atomic mass is 10.1. The van der Waals surface area contributed by atoms with E-state index in [0.29, 0.717) is 11.5 Å². The number of aromatic nitrogens is 1. The Kier molecular flexibility index (Phi) is 3.38. The number of benzene rings is 1. The SMILES string of the molecule is Cc1cc(CS(=O)(=O)Cc2ccc3c(c2)CCC3)no1. The summed E-state index contributed by atoms with van der Waals surface area (Å²) in [7, 11) is -3.21. The zero-order valence-corrected chi connectivity index (χ0v) is 12.2. The molecule has 106 valence electrons. The van der Waals surface area contributed by atoms with Gasteiger partial charge in [0.05, 0.1) is 17.2 Å². The average Bonchev–Trinajstić information content (AvgIpc) is 2.96. The highest BCUT2D eigenvalue weighted by Gasteiger charge is 2.17. The lowest BCUT2D eigenvalue weighted by molar-refractivity contribution is 0.392. The Morgan fingerprint density at radius 1 is 1.15 bits per heavy atom. The molecule has 20 heavy (non-hydrogen) atoms. The van der Waals surface area contributed by atoms with E-state index < -0.39 is 9.84 Å². The van der Waals surface area contributed by atoms with Gasteiger partial charge in [-0.1, -0.05) is 23.4 Å². The molecule has 1 aliphatic rings. The summed E-state index contributed by atoms with van der Waals surface area (Å²) >= 11 is 0. The number of sulfone groups is 1. The topological polar surface area (TPSA) is 60.2 Å². The lowest BCUT2D eigenvalue weighted by Crippen LogP contribution is -2.08. The molecule has 4 nitrogen and oxygen atoms in total. The minimum absolute atomic E-state index is 0.0617. The van der Waals surface area contributed by atoms with Crippen LogP contribution in [0.1, 0.15) is 34.6 Å². The number of fused-ring (bicyclic) bond motifs is 1. The molecule has 0 unspecified atom stereocenters. The highest BCUT2D eigenvalue weighted by Crippen LogP contribution is 2.24. The smallest absolute Gasteiger partial charge is 0.160 e. The average molecular weight is 291 g/mol. The Morgan fingerprint density at radius 2 is 1.95 bits per heavy atom. The number of hydrogen-bond acceptors (Lipinski definition) is 4. The fraction of sp³-hybridized carbons (Fsp3) is 0.400. The molecule has 1 aromatic heterocycles. The normalized spacial score (nSPS) is 14.4. The van der Waals surface area contributed by atoms with Crippen molar-refractivity contribution in [2.75, 3.05) is 0 Å². The Bertz CT molecular complexity index is 731. The molecule has 0 atom stereocenters. The maximum Gasteiger partial charge on any atom is 0.160 e. The van der Waals surface area contributed by atoms with Crippen LogP contribution in [0.15, 0.2) is 28.8 Å². The summed E-state index contributed by atoms with van der Waals surface area (Å²) in [6.45, 7) is 1.75. The van der Waals surface area contributed by atoms with E-state index in [1.165, 1.54) is 17.5 Å². The Labute approximate surface area is 118 Å². The first-order chi connectivity index (χ1) is 9.52. The van der Waals surface area contributed by atoms with E-state index >= 15 is 0 Å². The van der Waals surface area contributed by atoms with Crippen LogP contribution in [-0.4, -0.2) is 13.6 Å². The van der Waals surface area contributed by atoms with Crippen molar-refractivity contribution in [3.8, 4) is 0 Å². The van der Waals surface area contributed by atoms with Crippen LogP contribution in [0.25, 0.3) is 0 Å². The highest BCUT2D eigenvalue weighted by molar-refractivity contribution is 7.89. The molecular weight excluding hydrogens is 274 g/mol. The van der Waals surface area contributed by atoms with Gasteiger partial charge in [-0.25, -0.2) is 8.42 Å². The second kappa shape index (κ2) is 5.05. The van der Waals surface area contributed by atoms with Crippen LogP contribution in [-0.2, 0) is 34.2 Å². The van der Waals surface area contributed by atoms with Gasteiger partial charge in [-0.05, 0) is 42.9 Å². The number of hydrogen-bond donors (Lipinski definition) is 0. The van der Waals surface area contributed by atoms with Crippen molar-refractivity contribution < 1.29 is 12.9 Å². The van der Waals surface area contributed by atoms with Crippen LogP contribution >= 0.6 is 0 Å². The van der Waals surface area contributed by atoms with Crippen LogP contribution in [0, 0.1) is 6.92 Å². The van der Waals surface area contributed by atoms with Gasteiger partial charge in [0.1, 0.15) is 5.76 Å². The van der Waals surface area contributed by atoms with E-state index in [4.69, 9.17) is 4.52 Å². The van der Waals surface area contributed by atoms with Crippen molar-refractivity contribution in [2.45, 2.75) is 37.7 Å². The van der Waals surface area contributed by atoms with Crippen molar-refractivity contribution in [3.63, 3.8) is 0 Å². The summed E-state index contributed by atoms with van der Waals surface area (Å²) in [6.07, 6.45) is 3.34. The monoisotopic (exact) mass is 291 g/mol. The molecule has 1 aromatic carbocycles. The molecule has 0 radical (unpaired) electrons. The third-order valence-electron chi connectivity index (χ3n) is 3.59. The number of nitrogens with zero attached hydrogens (tertiary/aromatic N) is 1. The summed E-state index contributed by atoms with van der Waals surface area (Å²) in [4.78, 5) is 0. The largest absolute Gasteiger partial charge is 0.361 e. The molecule has 0 spiro atoms. The van der Waals surface area contributed by atoms with E-state index in [9.17, 15) is 8.42 Å². The molecule has 0 amide bonds. The quantitative estimate of drug-likeness (QED) is 0.868. The molecule has 0 saturated heterocycles. The van der Waals surface area contributed by atoms with Crippen molar-refractivity contribution in [2.24, 2.45) is 0 Å². The minimum atomic E-state index is -3.21. The van der Waals surface area contributed by atoms with E-state index in [2.05, 4.69) is 11.2 Å². The van der Waals surface area contributed by atoms with Crippen LogP contribution in [0.3, 0.4) is 0 Å². The Balaban J connectivity index is 1.76. The number of aryl methyl sites for hydroxylation is 3. The van der Waals surface area contributed by atoms with E-state index in [1.54, 1.807) is 13.0 Å². The van der Waals surface area contributed by atoms with Crippen LogP contribution in [0.4, 0.5) is 0 Å². The summed E-state index contributed by atoms with van der Waals surface area (Å²) in [5, 5.41) is 3.75. The predicted octanol–water partition coefficient (Wildman–Crippen LogP) is 2.59. The summed E-state index contributed by atoms with van der Waals surface area (Å²) in [6, 6.07) is 7.69. The highest BCUT2D eigenvalue weighted by atomic mass is 32.2. The molecule has 0 aliphatic heterocycles. The predicted molar refractivity (Wildman–Crippen MR) is 76.0 cm³/mol. The minimum Gasteiger partial charge on any atom is -0.361 e. The van der Waals surface area contributed by atoms with Gasteiger partial charge in [0.15, 0.2) is 9.84 Å². The van der Waals surface area contributed by atoms with E-state index in [1.807, 2.05) is 12.1 Å². The van der Waals surface area contributed by atoms with Gasteiger partial charge in [0.2, 0.25) is 0 Å². The molecule has 0 bridgehead atoms. The van der Waals surface area contributed by atoms with Crippen molar-refractivity contribution in [1.29, 1.82) is 0 Å². The van der Waals surface area contributed by atoms with E-state index in [0.717, 1.165) is 18.4 Å². The summed E-state index contributed by atoms with van der Waals surface area (Å²) in [5.41, 5.74) is 4.00. The van der Waals surface area contributed by atoms with Gasteiger partial charge >= 0.3 is 0 Å². The molecule has 5 heteroatoms. The van der Waals surface area contributed by atoms with Crippen LogP contribution in [0.5, 0.6) is 0 Å². The molecule has 0 N–H and O–H groups in total. The van der Waals surface area contributed by atoms with Gasteiger partial charge in [-0.15, -0.1) is 0 Å². The fourth-order valence-electron chi connectivity index (χ4n) is 2.73. The standard InChI is InChI=1S/C15H17NO3S/c1-11-7-15(16-19-11)10-20(17,18)9-12-5-6-13-3-2-4-14(13)8-12/h5-8H,2-4,9-10H2,1H3. The second-order valence-electron chi connectivity index (χ2n) is 5.42. The first-order valence-electron chi connectivity index (χ1n) is 6.75. The molecule has 3 rings (SSSR count). The maximum absolute atomic E-state index is 12.2. The summed E-state index contributed by atoms with van der Waals surface area (Å²) in [5.74, 6) is 0.626. The van der Waals surface area contributed by atoms with Gasteiger partial charge < -0.3 is 4.52 Å². The lowest BCUT2D eigenvalue weighted by Gasteiger charge is -2.05. The van der Waals surface area contributed by atoms with Crippen LogP contribution < -0.4 is 0 Å². The van der Waals surface area contributed by atoms with Crippen LogP contribution in [0.2, 0.25) is 0 Å². The first kappa shape index (κ1) is 13.4. The van der Waals surface area contributed by atoms with E-state index in [-0.39, 0.29) is 11.5 Å². The third-order valence-corrected chi connectivity index (χ3v) is 5.10. The Morgan fingerprint density at radius 3 is 2.70 bits per heavy atom. The number of rotatable bonds is 4. The van der Waals surface area contributed by atoms with Crippen molar-refractivity contribution >= 4 is 9.84 Å². The fourth-order valence-corrected chi connectivity index (χ4v) is 4.11. The molecule has 2 aromatic rings. The van der Waals surface area contributed by atoms with Gasteiger partial charge in [0, 0.05) is 6.07 Å². The van der Waals surface area contributed by atoms with Gasteiger partial charge in [-0.3, -0.25) is 0 Å². The summed E-state index contributed by atoms with van der Waals surface area (Å²) < 4.78 is 29.3. The van der Waals surface area contributed by atoms with Gasteiger partial charge in [0.25, 0.3) is 0 Å². The first-order valence-corrected chi connectivity index (χ1v) is 8.57. The molecule has 0 fully saturated rings. The zero-order valence-electron chi connectivity index (χ0n) is 11.4. The zero-order chi connectivity index (χ0) is 14.2. The molecular formula is C15H17NO3S. The second-order valence-corrected chi connectivity index (χ2v) is 7.48. The van der Waals surface area contributed by atoms with Gasteiger partial charge in [-0.2, -0.15) is 0 Å². The molecule has 1 heterocycles. The maximum atomic E-state index is 12.2. The molecule has 0 saturated carbocycles. The Hall–Kier alpha value is -1.62. The third kappa shape index (κ3) is 2.93. The van der Waals surface area contributed by atoms with Crippen molar-refractivity contribution in [1.82, 2.24) is 5.16 Å². The van der Waals surface area contributed by atoms with Crippen molar-refractivity contribution in [3.05, 3.63) is 52.4 Å². The molecule has 1 aliphatic carbocycles.